The molecule has 4 nitrogen and oxygen atoms in total. The van der Waals surface area contributed by atoms with Crippen molar-refractivity contribution in [3.63, 3.8) is 0 Å². The first-order valence-electron chi connectivity index (χ1n) is 5.84. The molecule has 0 aliphatic heterocycles. The van der Waals surface area contributed by atoms with Gasteiger partial charge >= 0.3 is 0 Å². The standard InChI is InChI=1S/C13H14N2O2S2/c1-4-12(10-14-6-1)16-18-8-3-9-19-17-13-5-2-7-15-11-13/h1-2,4-7,10-11H,3,8-9H2. The predicted molar refractivity (Wildman–Crippen MR) is 79.3 cm³/mol. The molecule has 0 N–H and O–H groups in total. The number of hydrogen-bond donors (Lipinski definition) is 0. The maximum atomic E-state index is 5.46. The summed E-state index contributed by atoms with van der Waals surface area (Å²) in [4.78, 5) is 7.96. The molecular formula is C13H14N2O2S2. The Balaban J connectivity index is 1.49. The fraction of sp³-hybridized carbons (Fsp3) is 0.231. The molecule has 2 heterocycles. The summed E-state index contributed by atoms with van der Waals surface area (Å²) in [7, 11) is 0. The van der Waals surface area contributed by atoms with E-state index in [9.17, 15) is 0 Å². The van der Waals surface area contributed by atoms with Crippen LogP contribution in [0, 0.1) is 0 Å². The Labute approximate surface area is 121 Å². The molecule has 0 fully saturated rings. The van der Waals surface area contributed by atoms with Crippen LogP contribution in [0.5, 0.6) is 11.5 Å². The summed E-state index contributed by atoms with van der Waals surface area (Å²) in [5.41, 5.74) is 0. The Bertz CT molecular complexity index is 413. The molecule has 0 bridgehead atoms. The zero-order valence-electron chi connectivity index (χ0n) is 10.3. The van der Waals surface area contributed by atoms with Gasteiger partial charge in [-0.1, -0.05) is 0 Å². The Hall–Kier alpha value is -1.40. The average molecular weight is 294 g/mol. The number of aromatic nitrogens is 2. The molecule has 2 rings (SSSR count). The van der Waals surface area contributed by atoms with E-state index >= 15 is 0 Å². The fourth-order valence-electron chi connectivity index (χ4n) is 1.19. The summed E-state index contributed by atoms with van der Waals surface area (Å²) in [5.74, 6) is 3.40. The van der Waals surface area contributed by atoms with Gasteiger partial charge in [-0.05, 0) is 30.7 Å². The van der Waals surface area contributed by atoms with Crippen molar-refractivity contribution in [2.24, 2.45) is 0 Å². The second kappa shape index (κ2) is 8.66. The first kappa shape index (κ1) is 14.0. The fourth-order valence-corrected chi connectivity index (χ4v) is 2.53. The molecule has 0 atom stereocenters. The van der Waals surface area contributed by atoms with Crippen LogP contribution in [0.3, 0.4) is 0 Å². The summed E-state index contributed by atoms with van der Waals surface area (Å²) in [6.07, 6.45) is 7.87. The van der Waals surface area contributed by atoms with Crippen molar-refractivity contribution in [3.05, 3.63) is 49.1 Å². The van der Waals surface area contributed by atoms with Gasteiger partial charge < -0.3 is 8.37 Å². The lowest BCUT2D eigenvalue weighted by atomic mass is 10.5. The van der Waals surface area contributed by atoms with Crippen LogP contribution in [-0.2, 0) is 0 Å². The van der Waals surface area contributed by atoms with Gasteiger partial charge in [0.15, 0.2) is 11.5 Å². The number of nitrogens with zero attached hydrogens (tertiary/aromatic N) is 2. The van der Waals surface area contributed by atoms with Crippen molar-refractivity contribution in [1.29, 1.82) is 0 Å². The lowest BCUT2D eigenvalue weighted by Gasteiger charge is -2.04. The van der Waals surface area contributed by atoms with Crippen LogP contribution in [0.15, 0.2) is 49.1 Å². The van der Waals surface area contributed by atoms with Crippen molar-refractivity contribution < 1.29 is 8.37 Å². The molecule has 0 aromatic carbocycles. The van der Waals surface area contributed by atoms with Gasteiger partial charge in [-0.25, -0.2) is 0 Å². The van der Waals surface area contributed by atoms with E-state index in [-0.39, 0.29) is 0 Å². The van der Waals surface area contributed by atoms with Crippen molar-refractivity contribution in [3.8, 4) is 11.5 Å². The molecule has 6 heteroatoms. The maximum absolute atomic E-state index is 5.46. The number of pyridine rings is 2. The zero-order valence-corrected chi connectivity index (χ0v) is 11.9. The quantitative estimate of drug-likeness (QED) is 0.547. The van der Waals surface area contributed by atoms with E-state index in [0.717, 1.165) is 29.4 Å². The van der Waals surface area contributed by atoms with Crippen LogP contribution in [0.1, 0.15) is 6.42 Å². The smallest absolute Gasteiger partial charge is 0.155 e. The summed E-state index contributed by atoms with van der Waals surface area (Å²) in [6, 6.07) is 7.49. The molecule has 2 aromatic heterocycles. The van der Waals surface area contributed by atoms with Gasteiger partial charge in [0.1, 0.15) is 0 Å². The second-order valence-electron chi connectivity index (χ2n) is 3.54. The summed E-state index contributed by atoms with van der Waals surface area (Å²) in [5, 5.41) is 0. The summed E-state index contributed by atoms with van der Waals surface area (Å²) >= 11 is 2.86. The van der Waals surface area contributed by atoms with E-state index in [2.05, 4.69) is 9.97 Å². The van der Waals surface area contributed by atoms with Crippen molar-refractivity contribution in [2.75, 3.05) is 11.5 Å². The SMILES string of the molecule is c1cncc(OSCCCSOc2cccnc2)c1. The summed E-state index contributed by atoms with van der Waals surface area (Å²) in [6.45, 7) is 0. The molecule has 2 aromatic rings. The lowest BCUT2D eigenvalue weighted by Crippen LogP contribution is -1.91. The van der Waals surface area contributed by atoms with Gasteiger partial charge in [0, 0.05) is 23.9 Å². The van der Waals surface area contributed by atoms with Gasteiger partial charge in [0.2, 0.25) is 0 Å². The predicted octanol–water partition coefficient (Wildman–Crippen LogP) is 3.62. The normalized spacial score (nSPS) is 10.1. The molecular weight excluding hydrogens is 280 g/mol. The molecule has 0 radical (unpaired) electrons. The number of hydrogen-bond acceptors (Lipinski definition) is 6. The van der Waals surface area contributed by atoms with Gasteiger partial charge in [-0.2, -0.15) is 0 Å². The molecule has 0 aliphatic carbocycles. The van der Waals surface area contributed by atoms with E-state index in [1.54, 1.807) is 24.8 Å². The van der Waals surface area contributed by atoms with Gasteiger partial charge in [0.25, 0.3) is 0 Å². The molecule has 0 amide bonds. The molecule has 0 aliphatic rings. The maximum Gasteiger partial charge on any atom is 0.155 e. The third-order valence-corrected chi connectivity index (χ3v) is 3.57. The topological polar surface area (TPSA) is 44.2 Å². The van der Waals surface area contributed by atoms with Crippen LogP contribution in [0.4, 0.5) is 0 Å². The van der Waals surface area contributed by atoms with Crippen molar-refractivity contribution in [2.45, 2.75) is 6.42 Å². The third-order valence-electron chi connectivity index (χ3n) is 2.03. The van der Waals surface area contributed by atoms with Crippen LogP contribution < -0.4 is 8.37 Å². The molecule has 0 saturated heterocycles. The Morgan fingerprint density at radius 2 is 1.37 bits per heavy atom. The third kappa shape index (κ3) is 5.85. The molecule has 0 unspecified atom stereocenters. The minimum Gasteiger partial charge on any atom is -0.424 e. The van der Waals surface area contributed by atoms with E-state index < -0.39 is 0 Å². The van der Waals surface area contributed by atoms with Crippen molar-refractivity contribution >= 4 is 24.1 Å². The number of rotatable bonds is 8. The first-order valence-corrected chi connectivity index (χ1v) is 7.66. The minimum atomic E-state index is 0.784. The van der Waals surface area contributed by atoms with Crippen LogP contribution in [-0.4, -0.2) is 21.5 Å². The van der Waals surface area contributed by atoms with Crippen LogP contribution in [0.25, 0.3) is 0 Å². The molecule has 0 saturated carbocycles. The molecule has 100 valence electrons. The Morgan fingerprint density at radius 1 is 0.842 bits per heavy atom. The highest BCUT2D eigenvalue weighted by Gasteiger charge is 1.97. The highest BCUT2D eigenvalue weighted by molar-refractivity contribution is 7.95. The highest BCUT2D eigenvalue weighted by Crippen LogP contribution is 2.17. The molecule has 19 heavy (non-hydrogen) atoms. The zero-order chi connectivity index (χ0) is 13.2. The summed E-state index contributed by atoms with van der Waals surface area (Å²) < 4.78 is 10.9. The first-order chi connectivity index (χ1) is 9.45. The van der Waals surface area contributed by atoms with E-state index in [1.807, 2.05) is 24.3 Å². The van der Waals surface area contributed by atoms with E-state index in [0.29, 0.717) is 0 Å². The lowest BCUT2D eigenvalue weighted by molar-refractivity contribution is 0.636. The van der Waals surface area contributed by atoms with E-state index in [4.69, 9.17) is 8.37 Å². The van der Waals surface area contributed by atoms with E-state index in [1.165, 1.54) is 24.1 Å². The molecule has 0 spiro atoms. The average Bonchev–Trinajstić information content (AvgIpc) is 2.48. The second-order valence-corrected chi connectivity index (χ2v) is 5.16. The Kier molecular flexibility index (Phi) is 6.39. The van der Waals surface area contributed by atoms with Gasteiger partial charge in [-0.3, -0.25) is 9.97 Å². The largest absolute Gasteiger partial charge is 0.424 e. The Morgan fingerprint density at radius 3 is 1.79 bits per heavy atom. The minimum absolute atomic E-state index is 0.784. The van der Waals surface area contributed by atoms with Crippen LogP contribution in [0.2, 0.25) is 0 Å². The van der Waals surface area contributed by atoms with Gasteiger partial charge in [-0.15, -0.1) is 0 Å². The van der Waals surface area contributed by atoms with Crippen molar-refractivity contribution in [1.82, 2.24) is 9.97 Å². The monoisotopic (exact) mass is 294 g/mol. The van der Waals surface area contributed by atoms with Gasteiger partial charge in [0.05, 0.1) is 36.5 Å². The van der Waals surface area contributed by atoms with Crippen LogP contribution >= 0.6 is 24.1 Å². The highest BCUT2D eigenvalue weighted by atomic mass is 32.2.